The summed E-state index contributed by atoms with van der Waals surface area (Å²) in [4.78, 5) is 2.36. The molecule has 2 heterocycles. The van der Waals surface area contributed by atoms with Crippen LogP contribution in [0.15, 0.2) is 5.51 Å². The topological polar surface area (TPSA) is 41.0 Å². The van der Waals surface area contributed by atoms with E-state index in [1.54, 1.807) is 11.3 Å². The Kier molecular flexibility index (Phi) is 4.54. The van der Waals surface area contributed by atoms with Gasteiger partial charge in [-0.1, -0.05) is 18.3 Å². The lowest BCUT2D eigenvalue weighted by Gasteiger charge is -2.31. The highest BCUT2D eigenvalue weighted by Gasteiger charge is 2.20. The molecule has 1 N–H and O–H groups in total. The second kappa shape index (κ2) is 6.15. The Bertz CT molecular complexity index is 280. The Morgan fingerprint density at radius 1 is 1.50 bits per heavy atom. The van der Waals surface area contributed by atoms with E-state index in [0.29, 0.717) is 0 Å². The van der Waals surface area contributed by atoms with Crippen molar-refractivity contribution >= 4 is 16.5 Å². The molecule has 1 aliphatic rings. The summed E-state index contributed by atoms with van der Waals surface area (Å²) < 4.78 is 0. The molecular weight excluding hydrogens is 220 g/mol. The van der Waals surface area contributed by atoms with E-state index >= 15 is 0 Å². The van der Waals surface area contributed by atoms with Crippen molar-refractivity contribution in [1.29, 1.82) is 0 Å². The summed E-state index contributed by atoms with van der Waals surface area (Å²) in [5.74, 6) is 0.843. The molecule has 4 nitrogen and oxygen atoms in total. The van der Waals surface area contributed by atoms with E-state index in [9.17, 15) is 0 Å². The minimum atomic E-state index is 0.843. The summed E-state index contributed by atoms with van der Waals surface area (Å²) in [6.45, 7) is 6.81. The summed E-state index contributed by atoms with van der Waals surface area (Å²) in [6.07, 6.45) is 3.77. The fourth-order valence-corrected chi connectivity index (χ4v) is 2.73. The summed E-state index contributed by atoms with van der Waals surface area (Å²) in [5.41, 5.74) is 1.81. The minimum Gasteiger partial charge on any atom is -0.347 e. The second-order valence-corrected chi connectivity index (χ2v) is 5.17. The molecule has 1 aromatic rings. The highest BCUT2D eigenvalue weighted by Crippen LogP contribution is 2.23. The number of nitrogens with zero attached hydrogens (tertiary/aromatic N) is 3. The number of hydrogen-bond donors (Lipinski definition) is 1. The van der Waals surface area contributed by atoms with Crippen LogP contribution in [0.3, 0.4) is 0 Å². The molecule has 2 rings (SSSR count). The SMILES string of the molecule is CCCNCC1CCN(c2nncs2)CC1. The van der Waals surface area contributed by atoms with Gasteiger partial charge in [0.05, 0.1) is 0 Å². The maximum absolute atomic E-state index is 4.12. The van der Waals surface area contributed by atoms with Crippen molar-refractivity contribution in [2.24, 2.45) is 5.92 Å². The number of anilines is 1. The average Bonchev–Trinajstić information content (AvgIpc) is 2.84. The molecule has 0 saturated carbocycles. The standard InChI is InChI=1S/C11H20N4S/c1-2-5-12-8-10-3-6-15(7-4-10)11-14-13-9-16-11/h9-10,12H,2-8H2,1H3. The largest absolute Gasteiger partial charge is 0.347 e. The van der Waals surface area contributed by atoms with Gasteiger partial charge in [0, 0.05) is 13.1 Å². The van der Waals surface area contributed by atoms with Gasteiger partial charge >= 0.3 is 0 Å². The average molecular weight is 240 g/mol. The first-order valence-corrected chi connectivity index (χ1v) is 7.00. The molecule has 0 radical (unpaired) electrons. The molecular formula is C11H20N4S. The van der Waals surface area contributed by atoms with Crippen molar-refractivity contribution in [3.05, 3.63) is 5.51 Å². The molecule has 0 unspecified atom stereocenters. The first kappa shape index (κ1) is 11.8. The van der Waals surface area contributed by atoms with Crippen LogP contribution in [0, 0.1) is 5.92 Å². The first-order valence-electron chi connectivity index (χ1n) is 6.12. The van der Waals surface area contributed by atoms with Crippen molar-refractivity contribution in [3.8, 4) is 0 Å². The molecule has 16 heavy (non-hydrogen) atoms. The Morgan fingerprint density at radius 3 is 2.94 bits per heavy atom. The molecule has 0 bridgehead atoms. The predicted octanol–water partition coefficient (Wildman–Crippen LogP) is 1.75. The fraction of sp³-hybridized carbons (Fsp3) is 0.818. The Morgan fingerprint density at radius 2 is 2.31 bits per heavy atom. The van der Waals surface area contributed by atoms with Crippen molar-refractivity contribution in [3.63, 3.8) is 0 Å². The maximum atomic E-state index is 4.12. The zero-order valence-corrected chi connectivity index (χ0v) is 10.7. The van der Waals surface area contributed by atoms with Gasteiger partial charge in [0.2, 0.25) is 5.13 Å². The third kappa shape index (κ3) is 3.15. The molecule has 1 saturated heterocycles. The molecule has 5 heteroatoms. The molecule has 1 aliphatic heterocycles. The van der Waals surface area contributed by atoms with E-state index in [1.165, 1.54) is 25.8 Å². The van der Waals surface area contributed by atoms with Gasteiger partial charge in [0.25, 0.3) is 0 Å². The summed E-state index contributed by atoms with van der Waals surface area (Å²) in [5, 5.41) is 12.6. The van der Waals surface area contributed by atoms with Crippen molar-refractivity contribution in [2.75, 3.05) is 31.1 Å². The normalized spacial score (nSPS) is 17.9. The van der Waals surface area contributed by atoms with Crippen molar-refractivity contribution in [2.45, 2.75) is 26.2 Å². The van der Waals surface area contributed by atoms with Crippen molar-refractivity contribution < 1.29 is 0 Å². The summed E-state index contributed by atoms with van der Waals surface area (Å²) >= 11 is 1.64. The maximum Gasteiger partial charge on any atom is 0.208 e. The number of hydrogen-bond acceptors (Lipinski definition) is 5. The highest BCUT2D eigenvalue weighted by atomic mass is 32.1. The van der Waals surface area contributed by atoms with Crippen LogP contribution in [0.5, 0.6) is 0 Å². The van der Waals surface area contributed by atoms with E-state index < -0.39 is 0 Å². The molecule has 0 atom stereocenters. The van der Waals surface area contributed by atoms with Crippen LogP contribution in [0.25, 0.3) is 0 Å². The Hall–Kier alpha value is -0.680. The highest BCUT2D eigenvalue weighted by molar-refractivity contribution is 7.13. The van der Waals surface area contributed by atoms with Gasteiger partial charge in [-0.05, 0) is 38.3 Å². The lowest BCUT2D eigenvalue weighted by Crippen LogP contribution is -2.37. The number of piperidine rings is 1. The fourth-order valence-electron chi connectivity index (χ4n) is 2.12. The van der Waals surface area contributed by atoms with Crippen LogP contribution in [0.4, 0.5) is 5.13 Å². The van der Waals surface area contributed by atoms with Gasteiger partial charge in [-0.2, -0.15) is 0 Å². The van der Waals surface area contributed by atoms with Gasteiger partial charge in [-0.3, -0.25) is 0 Å². The van der Waals surface area contributed by atoms with Crippen LogP contribution in [0.2, 0.25) is 0 Å². The Balaban J connectivity index is 1.70. The van der Waals surface area contributed by atoms with Gasteiger partial charge in [0.15, 0.2) is 0 Å². The summed E-state index contributed by atoms with van der Waals surface area (Å²) in [7, 11) is 0. The summed E-state index contributed by atoms with van der Waals surface area (Å²) in [6, 6.07) is 0. The molecule has 0 aromatic carbocycles. The lowest BCUT2D eigenvalue weighted by atomic mass is 9.97. The predicted molar refractivity (Wildman–Crippen MR) is 68.0 cm³/mol. The van der Waals surface area contributed by atoms with Crippen LogP contribution in [0.1, 0.15) is 26.2 Å². The molecule has 0 spiro atoms. The molecule has 0 aliphatic carbocycles. The number of rotatable bonds is 5. The first-order chi connectivity index (χ1) is 7.90. The van der Waals surface area contributed by atoms with E-state index in [1.807, 2.05) is 5.51 Å². The van der Waals surface area contributed by atoms with Crippen molar-refractivity contribution in [1.82, 2.24) is 15.5 Å². The number of nitrogens with one attached hydrogen (secondary N) is 1. The molecule has 1 aromatic heterocycles. The second-order valence-electron chi connectivity index (χ2n) is 4.36. The third-order valence-corrected chi connectivity index (χ3v) is 3.84. The zero-order valence-electron chi connectivity index (χ0n) is 9.85. The zero-order chi connectivity index (χ0) is 11.2. The number of aromatic nitrogens is 2. The van der Waals surface area contributed by atoms with E-state index in [0.717, 1.165) is 30.7 Å². The van der Waals surface area contributed by atoms with E-state index in [-0.39, 0.29) is 0 Å². The minimum absolute atomic E-state index is 0.843. The third-order valence-electron chi connectivity index (χ3n) is 3.09. The van der Waals surface area contributed by atoms with Gasteiger partial charge in [-0.25, -0.2) is 0 Å². The Labute approximate surface area is 101 Å². The molecule has 1 fully saturated rings. The van der Waals surface area contributed by atoms with Crippen LogP contribution in [-0.2, 0) is 0 Å². The van der Waals surface area contributed by atoms with Gasteiger partial charge in [0.1, 0.15) is 5.51 Å². The smallest absolute Gasteiger partial charge is 0.208 e. The van der Waals surface area contributed by atoms with E-state index in [4.69, 9.17) is 0 Å². The van der Waals surface area contributed by atoms with Gasteiger partial charge < -0.3 is 10.2 Å². The van der Waals surface area contributed by atoms with Crippen LogP contribution >= 0.6 is 11.3 Å². The lowest BCUT2D eigenvalue weighted by molar-refractivity contribution is 0.383. The van der Waals surface area contributed by atoms with E-state index in [2.05, 4.69) is 27.3 Å². The van der Waals surface area contributed by atoms with Crippen LogP contribution < -0.4 is 10.2 Å². The monoisotopic (exact) mass is 240 g/mol. The van der Waals surface area contributed by atoms with Crippen LogP contribution in [-0.4, -0.2) is 36.4 Å². The molecule has 0 amide bonds. The molecule has 90 valence electrons. The quantitative estimate of drug-likeness (QED) is 0.796. The van der Waals surface area contributed by atoms with Gasteiger partial charge in [-0.15, -0.1) is 10.2 Å².